The Balaban J connectivity index is 1.96. The first-order valence-electron chi connectivity index (χ1n) is 6.78. The molecule has 1 saturated carbocycles. The van der Waals surface area contributed by atoms with Crippen molar-refractivity contribution in [2.75, 3.05) is 27.2 Å². The molecular weight excluding hydrogens is 276 g/mol. The average Bonchev–Trinajstić information content (AvgIpc) is 3.22. The number of ether oxygens (including phenoxy) is 1. The molecule has 112 valence electrons. The molecule has 0 heterocycles. The first-order valence-corrected chi connectivity index (χ1v) is 8.27. The SMILES string of the molecule is COc1ccc(S(=O)(=O)NCCN(C)C2CC2)cc1C. The minimum atomic E-state index is -3.44. The number of nitrogens with zero attached hydrogens (tertiary/aromatic N) is 1. The highest BCUT2D eigenvalue weighted by Crippen LogP contribution is 2.25. The van der Waals surface area contributed by atoms with Crippen LogP contribution in [-0.4, -0.2) is 46.6 Å². The van der Waals surface area contributed by atoms with Crippen LogP contribution >= 0.6 is 0 Å². The van der Waals surface area contributed by atoms with Crippen molar-refractivity contribution in [3.8, 4) is 5.75 Å². The van der Waals surface area contributed by atoms with E-state index in [4.69, 9.17) is 4.74 Å². The van der Waals surface area contributed by atoms with E-state index in [1.807, 2.05) is 14.0 Å². The fraction of sp³-hybridized carbons (Fsp3) is 0.571. The molecule has 0 aliphatic heterocycles. The average molecular weight is 298 g/mol. The number of rotatable bonds is 7. The second kappa shape index (κ2) is 6.11. The topological polar surface area (TPSA) is 58.6 Å². The van der Waals surface area contributed by atoms with Gasteiger partial charge in [0.15, 0.2) is 0 Å². The predicted molar refractivity (Wildman–Crippen MR) is 78.6 cm³/mol. The minimum absolute atomic E-state index is 0.282. The highest BCUT2D eigenvalue weighted by Gasteiger charge is 2.25. The second-order valence-electron chi connectivity index (χ2n) is 5.24. The number of benzene rings is 1. The van der Waals surface area contributed by atoms with Gasteiger partial charge in [-0.2, -0.15) is 0 Å². The molecule has 0 radical (unpaired) electrons. The Hall–Kier alpha value is -1.11. The van der Waals surface area contributed by atoms with Crippen molar-refractivity contribution in [1.29, 1.82) is 0 Å². The number of hydrogen-bond donors (Lipinski definition) is 1. The molecule has 0 aromatic heterocycles. The molecular formula is C14H22N2O3S. The summed E-state index contributed by atoms with van der Waals surface area (Å²) in [7, 11) is 0.162. The molecule has 1 aliphatic carbocycles. The number of nitrogens with one attached hydrogen (secondary N) is 1. The highest BCUT2D eigenvalue weighted by molar-refractivity contribution is 7.89. The van der Waals surface area contributed by atoms with E-state index in [9.17, 15) is 8.42 Å². The fourth-order valence-electron chi connectivity index (χ4n) is 2.16. The first-order chi connectivity index (χ1) is 9.44. The Bertz CT molecular complexity index is 568. The van der Waals surface area contributed by atoms with E-state index < -0.39 is 10.0 Å². The first kappa shape index (κ1) is 15.3. The van der Waals surface area contributed by atoms with Gasteiger partial charge < -0.3 is 9.64 Å². The zero-order valence-corrected chi connectivity index (χ0v) is 13.0. The number of hydrogen-bond acceptors (Lipinski definition) is 4. The molecule has 0 spiro atoms. The zero-order valence-electron chi connectivity index (χ0n) is 12.2. The lowest BCUT2D eigenvalue weighted by molar-refractivity contribution is 0.329. The molecule has 0 saturated heterocycles. The van der Waals surface area contributed by atoms with Crippen LogP contribution in [0.3, 0.4) is 0 Å². The van der Waals surface area contributed by atoms with Gasteiger partial charge in [-0.1, -0.05) is 0 Å². The lowest BCUT2D eigenvalue weighted by Crippen LogP contribution is -2.34. The van der Waals surface area contributed by atoms with E-state index >= 15 is 0 Å². The lowest BCUT2D eigenvalue weighted by atomic mass is 10.2. The monoisotopic (exact) mass is 298 g/mol. The highest BCUT2D eigenvalue weighted by atomic mass is 32.2. The van der Waals surface area contributed by atoms with E-state index in [2.05, 4.69) is 9.62 Å². The van der Waals surface area contributed by atoms with E-state index in [1.54, 1.807) is 25.3 Å². The molecule has 0 atom stereocenters. The van der Waals surface area contributed by atoms with Gasteiger partial charge in [0.25, 0.3) is 0 Å². The Morgan fingerprint density at radius 3 is 2.65 bits per heavy atom. The minimum Gasteiger partial charge on any atom is -0.496 e. The standard InChI is InChI=1S/C14H22N2O3S/c1-11-10-13(6-7-14(11)19-3)20(17,18)15-8-9-16(2)12-4-5-12/h6-7,10,12,15H,4-5,8-9H2,1-3H3. The zero-order chi connectivity index (χ0) is 14.8. The fourth-order valence-corrected chi connectivity index (χ4v) is 3.26. The van der Waals surface area contributed by atoms with Crippen LogP contribution < -0.4 is 9.46 Å². The van der Waals surface area contributed by atoms with Gasteiger partial charge in [0, 0.05) is 19.1 Å². The number of sulfonamides is 1. The third-order valence-corrected chi connectivity index (χ3v) is 5.06. The van der Waals surface area contributed by atoms with Crippen molar-refractivity contribution in [3.05, 3.63) is 23.8 Å². The Morgan fingerprint density at radius 1 is 1.40 bits per heavy atom. The van der Waals surface area contributed by atoms with Crippen molar-refractivity contribution in [3.63, 3.8) is 0 Å². The molecule has 1 aromatic rings. The van der Waals surface area contributed by atoms with Crippen LogP contribution in [0.15, 0.2) is 23.1 Å². The molecule has 2 rings (SSSR count). The van der Waals surface area contributed by atoms with E-state index in [1.165, 1.54) is 12.8 Å². The third-order valence-electron chi connectivity index (χ3n) is 3.60. The van der Waals surface area contributed by atoms with Gasteiger partial charge in [-0.3, -0.25) is 0 Å². The summed E-state index contributed by atoms with van der Waals surface area (Å²) >= 11 is 0. The van der Waals surface area contributed by atoms with Gasteiger partial charge in [-0.25, -0.2) is 13.1 Å². The maximum absolute atomic E-state index is 12.2. The summed E-state index contributed by atoms with van der Waals surface area (Å²) in [6.07, 6.45) is 2.45. The molecule has 1 aliphatic rings. The van der Waals surface area contributed by atoms with Gasteiger partial charge in [0.2, 0.25) is 10.0 Å². The summed E-state index contributed by atoms with van der Waals surface area (Å²) < 4.78 is 32.1. The van der Waals surface area contributed by atoms with Crippen molar-refractivity contribution >= 4 is 10.0 Å². The lowest BCUT2D eigenvalue weighted by Gasteiger charge is -2.16. The summed E-state index contributed by atoms with van der Waals surface area (Å²) in [6, 6.07) is 5.52. The van der Waals surface area contributed by atoms with Crippen molar-refractivity contribution < 1.29 is 13.2 Å². The van der Waals surface area contributed by atoms with Gasteiger partial charge in [0.05, 0.1) is 12.0 Å². The molecule has 1 aromatic carbocycles. The van der Waals surface area contributed by atoms with E-state index in [-0.39, 0.29) is 4.90 Å². The number of aryl methyl sites for hydroxylation is 1. The summed E-state index contributed by atoms with van der Waals surface area (Å²) in [5, 5.41) is 0. The van der Waals surface area contributed by atoms with Crippen LogP contribution in [0.4, 0.5) is 0 Å². The summed E-state index contributed by atoms with van der Waals surface area (Å²) in [6.45, 7) is 3.00. The Kier molecular flexibility index (Phi) is 4.67. The van der Waals surface area contributed by atoms with Crippen LogP contribution in [-0.2, 0) is 10.0 Å². The predicted octanol–water partition coefficient (Wildman–Crippen LogP) is 1.38. The molecule has 0 amide bonds. The van der Waals surface area contributed by atoms with Crippen molar-refractivity contribution in [1.82, 2.24) is 9.62 Å². The maximum Gasteiger partial charge on any atom is 0.240 e. The van der Waals surface area contributed by atoms with Crippen LogP contribution in [0.1, 0.15) is 18.4 Å². The van der Waals surface area contributed by atoms with Crippen LogP contribution in [0.5, 0.6) is 5.75 Å². The third kappa shape index (κ3) is 3.71. The van der Waals surface area contributed by atoms with Crippen molar-refractivity contribution in [2.24, 2.45) is 0 Å². The quantitative estimate of drug-likeness (QED) is 0.826. The van der Waals surface area contributed by atoms with Crippen molar-refractivity contribution in [2.45, 2.75) is 30.7 Å². The Morgan fingerprint density at radius 2 is 2.10 bits per heavy atom. The number of methoxy groups -OCH3 is 1. The molecule has 1 N–H and O–H groups in total. The van der Waals surface area contributed by atoms with Gasteiger partial charge in [0.1, 0.15) is 5.75 Å². The molecule has 0 unspecified atom stereocenters. The molecule has 5 nitrogen and oxygen atoms in total. The van der Waals surface area contributed by atoms with Crippen LogP contribution in [0.25, 0.3) is 0 Å². The normalized spacial score (nSPS) is 15.6. The second-order valence-corrected chi connectivity index (χ2v) is 7.01. The summed E-state index contributed by atoms with van der Waals surface area (Å²) in [5.74, 6) is 0.692. The largest absolute Gasteiger partial charge is 0.496 e. The molecule has 1 fully saturated rings. The molecule has 20 heavy (non-hydrogen) atoms. The van der Waals surface area contributed by atoms with Crippen LogP contribution in [0.2, 0.25) is 0 Å². The van der Waals surface area contributed by atoms with Gasteiger partial charge >= 0.3 is 0 Å². The Labute approximate surface area is 121 Å². The van der Waals surface area contributed by atoms with E-state index in [0.29, 0.717) is 18.3 Å². The summed E-state index contributed by atoms with van der Waals surface area (Å²) in [5.41, 5.74) is 0.811. The van der Waals surface area contributed by atoms with Gasteiger partial charge in [-0.15, -0.1) is 0 Å². The van der Waals surface area contributed by atoms with E-state index in [0.717, 1.165) is 12.1 Å². The summed E-state index contributed by atoms with van der Waals surface area (Å²) in [4.78, 5) is 2.48. The van der Waals surface area contributed by atoms with Crippen LogP contribution in [0, 0.1) is 6.92 Å². The maximum atomic E-state index is 12.2. The smallest absolute Gasteiger partial charge is 0.240 e. The van der Waals surface area contributed by atoms with Gasteiger partial charge in [-0.05, 0) is 50.6 Å². The molecule has 6 heteroatoms. The molecule has 0 bridgehead atoms. The number of likely N-dealkylation sites (N-methyl/N-ethyl adjacent to an activating group) is 1.